The fraction of sp³-hybridized carbons (Fsp3) is 0.407. The normalized spacial score (nSPS) is 23.3. The van der Waals surface area contributed by atoms with Gasteiger partial charge in [0.15, 0.2) is 18.3 Å². The number of benzene rings is 2. The van der Waals surface area contributed by atoms with Crippen LogP contribution in [0.4, 0.5) is 5.69 Å². The van der Waals surface area contributed by atoms with Gasteiger partial charge in [-0.15, -0.1) is 0 Å². The number of nitrogens with one attached hydrogen (secondary N) is 1. The molecule has 1 saturated heterocycles. The monoisotopic (exact) mass is 513 g/mol. The predicted molar refractivity (Wildman–Crippen MR) is 134 cm³/mol. The van der Waals surface area contributed by atoms with Crippen LogP contribution in [0.15, 0.2) is 54.6 Å². The molecule has 1 aliphatic heterocycles. The summed E-state index contributed by atoms with van der Waals surface area (Å²) in [7, 11) is 0. The van der Waals surface area contributed by atoms with Crippen molar-refractivity contribution in [3.8, 4) is 0 Å². The summed E-state index contributed by atoms with van der Waals surface area (Å²) in [6.07, 6.45) is -1.92. The molecule has 5 atom stereocenters. The number of anilines is 1. The van der Waals surface area contributed by atoms with Gasteiger partial charge in [0.25, 0.3) is 0 Å². The summed E-state index contributed by atoms with van der Waals surface area (Å²) in [5.74, 6) is -2.55. The number of fused-ring (bicyclic) bond motifs is 1. The Balaban J connectivity index is 1.85. The lowest BCUT2D eigenvalue weighted by Crippen LogP contribution is -2.61. The molecule has 1 heterocycles. The molecule has 0 amide bonds. The van der Waals surface area contributed by atoms with Gasteiger partial charge in [-0.3, -0.25) is 19.2 Å². The molecule has 1 aliphatic rings. The molecular weight excluding hydrogens is 482 g/mol. The summed E-state index contributed by atoms with van der Waals surface area (Å²) in [6, 6.07) is 13.9. The first kappa shape index (κ1) is 27.7. The maximum atomic E-state index is 11.9. The summed E-state index contributed by atoms with van der Waals surface area (Å²) in [5.41, 5.74) is 0.935. The van der Waals surface area contributed by atoms with Gasteiger partial charge in [-0.1, -0.05) is 48.6 Å². The number of carbonyl (C=O) groups is 4. The summed E-state index contributed by atoms with van der Waals surface area (Å²) in [4.78, 5) is 47.1. The molecule has 198 valence electrons. The van der Waals surface area contributed by atoms with E-state index in [9.17, 15) is 19.2 Å². The number of rotatable bonds is 9. The van der Waals surface area contributed by atoms with Gasteiger partial charge in [-0.05, 0) is 11.5 Å². The minimum absolute atomic E-state index is 0.267. The van der Waals surface area contributed by atoms with E-state index in [0.29, 0.717) is 6.54 Å². The van der Waals surface area contributed by atoms with Crippen LogP contribution < -0.4 is 5.32 Å². The van der Waals surface area contributed by atoms with Crippen molar-refractivity contribution in [2.75, 3.05) is 18.5 Å². The second kappa shape index (κ2) is 12.9. The van der Waals surface area contributed by atoms with Crippen molar-refractivity contribution in [2.24, 2.45) is 0 Å². The quantitative estimate of drug-likeness (QED) is 0.304. The third kappa shape index (κ3) is 7.78. The fourth-order valence-electron chi connectivity index (χ4n) is 4.17. The molecular formula is C27H31NO9. The molecule has 3 rings (SSSR count). The Hall–Kier alpha value is -3.92. The minimum atomic E-state index is -1.19. The van der Waals surface area contributed by atoms with Crippen molar-refractivity contribution in [3.05, 3.63) is 54.6 Å². The molecule has 0 spiro atoms. The molecule has 1 fully saturated rings. The van der Waals surface area contributed by atoms with E-state index in [2.05, 4.69) is 5.32 Å². The number of ether oxygens (including phenoxy) is 5. The van der Waals surface area contributed by atoms with Crippen LogP contribution >= 0.6 is 0 Å². The van der Waals surface area contributed by atoms with Gasteiger partial charge >= 0.3 is 23.9 Å². The summed E-state index contributed by atoms with van der Waals surface area (Å²) in [6.45, 7) is 4.94. The average Bonchev–Trinajstić information content (AvgIpc) is 2.83. The second-order valence-electron chi connectivity index (χ2n) is 8.50. The molecule has 2 aromatic rings. The average molecular weight is 514 g/mol. The Morgan fingerprint density at radius 1 is 0.811 bits per heavy atom. The Labute approximate surface area is 214 Å². The zero-order chi connectivity index (χ0) is 26.9. The molecule has 0 aliphatic carbocycles. The molecule has 2 aromatic carbocycles. The van der Waals surface area contributed by atoms with Crippen molar-refractivity contribution in [1.82, 2.24) is 0 Å². The van der Waals surface area contributed by atoms with E-state index >= 15 is 0 Å². The van der Waals surface area contributed by atoms with Gasteiger partial charge < -0.3 is 29.0 Å². The SMILES string of the molecule is CC(=O)OC[C@H]1O[C@@H](/C=C/CNc2cccc3ccccc23)[C@H](OC(C)=O)[C@@H](OC(C)=O)[C@H]1OC(C)=O. The van der Waals surface area contributed by atoms with E-state index in [1.807, 2.05) is 42.5 Å². The summed E-state index contributed by atoms with van der Waals surface area (Å²) >= 11 is 0. The molecule has 0 unspecified atom stereocenters. The van der Waals surface area contributed by atoms with E-state index in [1.165, 1.54) is 27.7 Å². The highest BCUT2D eigenvalue weighted by Crippen LogP contribution is 2.30. The maximum Gasteiger partial charge on any atom is 0.303 e. The van der Waals surface area contributed by atoms with Crippen LogP contribution in [-0.2, 0) is 42.9 Å². The van der Waals surface area contributed by atoms with E-state index < -0.39 is 54.4 Å². The van der Waals surface area contributed by atoms with Gasteiger partial charge in [0.2, 0.25) is 0 Å². The molecule has 10 nitrogen and oxygen atoms in total. The standard InChI is InChI=1S/C27H31NO9/c1-16(29)33-15-24-26(35-18(3)31)27(36-19(4)32)25(34-17(2)30)23(37-24)13-8-14-28-22-12-7-10-20-9-5-6-11-21(20)22/h5-13,23-28H,14-15H2,1-4H3/b13-8+/t23-,24+,25-,26-,27+/m0/s1. The lowest BCUT2D eigenvalue weighted by atomic mass is 9.93. The van der Waals surface area contributed by atoms with Crippen molar-refractivity contribution >= 4 is 40.3 Å². The third-order valence-electron chi connectivity index (χ3n) is 5.55. The van der Waals surface area contributed by atoms with Crippen LogP contribution in [0.2, 0.25) is 0 Å². The largest absolute Gasteiger partial charge is 0.463 e. The van der Waals surface area contributed by atoms with Gasteiger partial charge in [0, 0.05) is 45.3 Å². The first-order chi connectivity index (χ1) is 17.7. The Morgan fingerprint density at radius 3 is 2.11 bits per heavy atom. The lowest BCUT2D eigenvalue weighted by Gasteiger charge is -2.43. The van der Waals surface area contributed by atoms with Crippen molar-refractivity contribution in [3.63, 3.8) is 0 Å². The number of esters is 4. The third-order valence-corrected chi connectivity index (χ3v) is 5.55. The lowest BCUT2D eigenvalue weighted by molar-refractivity contribution is -0.244. The molecule has 37 heavy (non-hydrogen) atoms. The summed E-state index contributed by atoms with van der Waals surface area (Å²) < 4.78 is 27.4. The molecule has 0 radical (unpaired) electrons. The molecule has 1 N–H and O–H groups in total. The highest BCUT2D eigenvalue weighted by molar-refractivity contribution is 5.93. The van der Waals surface area contributed by atoms with Crippen LogP contribution in [0.1, 0.15) is 27.7 Å². The predicted octanol–water partition coefficient (Wildman–Crippen LogP) is 2.93. The smallest absolute Gasteiger partial charge is 0.303 e. The van der Waals surface area contributed by atoms with Crippen molar-refractivity contribution in [1.29, 1.82) is 0 Å². The van der Waals surface area contributed by atoms with E-state index in [1.54, 1.807) is 12.2 Å². The molecule has 0 saturated carbocycles. The van der Waals surface area contributed by atoms with Gasteiger partial charge in [0.1, 0.15) is 18.8 Å². The minimum Gasteiger partial charge on any atom is -0.463 e. The first-order valence-electron chi connectivity index (χ1n) is 11.8. The highest BCUT2D eigenvalue weighted by atomic mass is 16.7. The van der Waals surface area contributed by atoms with Crippen molar-refractivity contribution in [2.45, 2.75) is 58.2 Å². The Morgan fingerprint density at radius 2 is 1.43 bits per heavy atom. The van der Waals surface area contributed by atoms with Crippen molar-refractivity contribution < 1.29 is 42.9 Å². The topological polar surface area (TPSA) is 126 Å². The van der Waals surface area contributed by atoms with Crippen LogP contribution in [0.25, 0.3) is 10.8 Å². The maximum absolute atomic E-state index is 11.9. The van der Waals surface area contributed by atoms with Gasteiger partial charge in [-0.25, -0.2) is 0 Å². The first-order valence-corrected chi connectivity index (χ1v) is 11.8. The zero-order valence-corrected chi connectivity index (χ0v) is 21.2. The van der Waals surface area contributed by atoms with Crippen LogP contribution in [-0.4, -0.2) is 67.5 Å². The molecule has 0 aromatic heterocycles. The van der Waals surface area contributed by atoms with Crippen LogP contribution in [0, 0.1) is 0 Å². The Kier molecular flexibility index (Phi) is 9.62. The van der Waals surface area contributed by atoms with E-state index in [-0.39, 0.29) is 6.61 Å². The Bertz CT molecular complexity index is 1160. The van der Waals surface area contributed by atoms with E-state index in [0.717, 1.165) is 16.5 Å². The number of hydrogen-bond donors (Lipinski definition) is 1. The van der Waals surface area contributed by atoms with Crippen LogP contribution in [0.5, 0.6) is 0 Å². The number of hydrogen-bond acceptors (Lipinski definition) is 10. The van der Waals surface area contributed by atoms with Gasteiger partial charge in [-0.2, -0.15) is 0 Å². The van der Waals surface area contributed by atoms with Crippen LogP contribution in [0.3, 0.4) is 0 Å². The van der Waals surface area contributed by atoms with Gasteiger partial charge in [0.05, 0.1) is 0 Å². The zero-order valence-electron chi connectivity index (χ0n) is 21.2. The van der Waals surface area contributed by atoms with E-state index in [4.69, 9.17) is 23.7 Å². The summed E-state index contributed by atoms with van der Waals surface area (Å²) in [5, 5.41) is 5.49. The second-order valence-corrected chi connectivity index (χ2v) is 8.50. The molecule has 10 heteroatoms. The fourth-order valence-corrected chi connectivity index (χ4v) is 4.17. The number of carbonyl (C=O) groups excluding carboxylic acids is 4. The highest BCUT2D eigenvalue weighted by Gasteiger charge is 2.51. The molecule has 0 bridgehead atoms.